The Kier molecular flexibility index (Phi) is 7.64. The van der Waals surface area contributed by atoms with Crippen LogP contribution in [0, 0.1) is 0 Å². The second kappa shape index (κ2) is 11.0. The van der Waals surface area contributed by atoms with E-state index < -0.39 is 5.91 Å². The second-order valence-electron chi connectivity index (χ2n) is 7.46. The van der Waals surface area contributed by atoms with Crippen molar-refractivity contribution in [3.63, 3.8) is 0 Å². The summed E-state index contributed by atoms with van der Waals surface area (Å²) in [6, 6.07) is 19.1. The lowest BCUT2D eigenvalue weighted by atomic mass is 10.1. The molecule has 0 spiro atoms. The van der Waals surface area contributed by atoms with Crippen molar-refractivity contribution in [2.24, 2.45) is 5.10 Å². The van der Waals surface area contributed by atoms with Gasteiger partial charge in [0.1, 0.15) is 5.75 Å². The van der Waals surface area contributed by atoms with Gasteiger partial charge in [-0.25, -0.2) is 10.4 Å². The first kappa shape index (κ1) is 24.3. The van der Waals surface area contributed by atoms with Gasteiger partial charge >= 0.3 is 0 Å². The number of hydrogen-bond acceptors (Lipinski definition) is 6. The van der Waals surface area contributed by atoms with Crippen LogP contribution < -0.4 is 11.0 Å². The number of amides is 1. The minimum absolute atomic E-state index is 0.0296. The number of carbonyl (C=O) groups is 1. The lowest BCUT2D eigenvalue weighted by Gasteiger charge is -2.13. The van der Waals surface area contributed by atoms with Gasteiger partial charge in [-0.1, -0.05) is 53.7 Å². The maximum absolute atomic E-state index is 13.2. The first-order valence-electron chi connectivity index (χ1n) is 10.6. The number of rotatable bonds is 8. The Hall–Kier alpha value is -3.88. The lowest BCUT2D eigenvalue weighted by Crippen LogP contribution is -2.24. The number of phenolic OH excluding ortho intramolecular Hbond substituents is 1. The van der Waals surface area contributed by atoms with E-state index in [0.717, 1.165) is 11.8 Å². The number of halogens is 1. The number of phenols is 1. The van der Waals surface area contributed by atoms with Crippen molar-refractivity contribution in [2.75, 3.05) is 5.75 Å². The van der Waals surface area contributed by atoms with Gasteiger partial charge in [0.05, 0.1) is 28.6 Å². The van der Waals surface area contributed by atoms with Crippen LogP contribution in [0.15, 0.2) is 94.4 Å². The van der Waals surface area contributed by atoms with Gasteiger partial charge in [-0.3, -0.25) is 14.2 Å². The van der Waals surface area contributed by atoms with Crippen molar-refractivity contribution in [1.29, 1.82) is 0 Å². The van der Waals surface area contributed by atoms with Gasteiger partial charge in [0.2, 0.25) is 0 Å². The molecular formula is C26H21ClN4O3S. The van der Waals surface area contributed by atoms with E-state index in [9.17, 15) is 14.7 Å². The SMILES string of the molecule is C=CCc1cccc(/C=N\NC(=O)CSc2nc3ccccc3c(=O)n2-c2ccc(Cl)cc2)c1O. The summed E-state index contributed by atoms with van der Waals surface area (Å²) in [5.74, 6) is -0.330. The van der Waals surface area contributed by atoms with Gasteiger partial charge in [0, 0.05) is 10.6 Å². The fourth-order valence-electron chi connectivity index (χ4n) is 3.40. The molecular weight excluding hydrogens is 484 g/mol. The maximum Gasteiger partial charge on any atom is 0.266 e. The zero-order valence-electron chi connectivity index (χ0n) is 18.5. The minimum Gasteiger partial charge on any atom is -0.507 e. The molecule has 7 nitrogen and oxygen atoms in total. The van der Waals surface area contributed by atoms with E-state index >= 15 is 0 Å². The summed E-state index contributed by atoms with van der Waals surface area (Å²) in [6.45, 7) is 3.67. The van der Waals surface area contributed by atoms with Gasteiger partial charge in [0.25, 0.3) is 11.5 Å². The normalized spacial score (nSPS) is 11.1. The first-order valence-corrected chi connectivity index (χ1v) is 12.0. The fraction of sp³-hybridized carbons (Fsp3) is 0.0769. The Balaban J connectivity index is 1.53. The van der Waals surface area contributed by atoms with Crippen molar-refractivity contribution in [2.45, 2.75) is 11.6 Å². The highest BCUT2D eigenvalue weighted by Crippen LogP contribution is 2.23. The molecule has 1 amide bonds. The minimum atomic E-state index is -0.391. The summed E-state index contributed by atoms with van der Waals surface area (Å²) in [5.41, 5.74) is 4.53. The zero-order valence-corrected chi connectivity index (χ0v) is 20.1. The Morgan fingerprint density at radius 1 is 1.14 bits per heavy atom. The molecule has 0 bridgehead atoms. The molecule has 0 aliphatic heterocycles. The molecule has 0 unspecified atom stereocenters. The molecule has 0 aliphatic carbocycles. The summed E-state index contributed by atoms with van der Waals surface area (Å²) < 4.78 is 1.46. The number of carbonyl (C=O) groups excluding carboxylic acids is 1. The van der Waals surface area contributed by atoms with Crippen LogP contribution in [0.1, 0.15) is 11.1 Å². The molecule has 1 aromatic heterocycles. The molecule has 176 valence electrons. The average Bonchev–Trinajstić information content (AvgIpc) is 2.86. The molecule has 3 aromatic carbocycles. The highest BCUT2D eigenvalue weighted by molar-refractivity contribution is 7.99. The maximum atomic E-state index is 13.2. The molecule has 35 heavy (non-hydrogen) atoms. The molecule has 1 heterocycles. The van der Waals surface area contributed by atoms with Gasteiger partial charge in [-0.2, -0.15) is 5.10 Å². The van der Waals surface area contributed by atoms with E-state index in [1.54, 1.807) is 72.8 Å². The number of aromatic hydroxyl groups is 1. The zero-order chi connectivity index (χ0) is 24.8. The largest absolute Gasteiger partial charge is 0.507 e. The third-order valence-electron chi connectivity index (χ3n) is 5.07. The number of nitrogens with zero attached hydrogens (tertiary/aromatic N) is 3. The van der Waals surface area contributed by atoms with E-state index in [1.807, 2.05) is 0 Å². The molecule has 0 radical (unpaired) electrons. The molecule has 0 aliphatic rings. The number of aromatic nitrogens is 2. The van der Waals surface area contributed by atoms with E-state index in [4.69, 9.17) is 11.6 Å². The molecule has 0 fully saturated rings. The van der Waals surface area contributed by atoms with E-state index in [-0.39, 0.29) is 17.1 Å². The predicted octanol–water partition coefficient (Wildman–Crippen LogP) is 4.72. The molecule has 4 aromatic rings. The van der Waals surface area contributed by atoms with Crippen LogP contribution in [-0.4, -0.2) is 32.5 Å². The Bertz CT molecular complexity index is 1480. The summed E-state index contributed by atoms with van der Waals surface area (Å²) in [5, 5.41) is 15.6. The van der Waals surface area contributed by atoms with Gasteiger partial charge in [-0.15, -0.1) is 6.58 Å². The molecule has 0 saturated carbocycles. The topological polar surface area (TPSA) is 96.6 Å². The molecule has 9 heteroatoms. The average molecular weight is 505 g/mol. The lowest BCUT2D eigenvalue weighted by molar-refractivity contribution is -0.118. The summed E-state index contributed by atoms with van der Waals surface area (Å²) >= 11 is 7.12. The number of fused-ring (bicyclic) bond motifs is 1. The first-order chi connectivity index (χ1) is 17.0. The Labute approximate surface area is 210 Å². The number of thioether (sulfide) groups is 1. The van der Waals surface area contributed by atoms with Crippen LogP contribution in [0.25, 0.3) is 16.6 Å². The summed E-state index contributed by atoms with van der Waals surface area (Å²) in [6.07, 6.45) is 3.59. The van der Waals surface area contributed by atoms with E-state index in [1.165, 1.54) is 10.8 Å². The number of benzene rings is 3. The highest BCUT2D eigenvalue weighted by atomic mass is 35.5. The third-order valence-corrected chi connectivity index (χ3v) is 6.26. The van der Waals surface area contributed by atoms with E-state index in [0.29, 0.717) is 44.3 Å². The van der Waals surface area contributed by atoms with Crippen molar-refractivity contribution < 1.29 is 9.90 Å². The monoisotopic (exact) mass is 504 g/mol. The summed E-state index contributed by atoms with van der Waals surface area (Å²) in [7, 11) is 0. The van der Waals surface area contributed by atoms with Crippen LogP contribution >= 0.6 is 23.4 Å². The smallest absolute Gasteiger partial charge is 0.266 e. The standard InChI is InChI=1S/C26H21ClN4O3S/c1-2-6-17-7-5-8-18(24(17)33)15-28-30-23(32)16-35-26-29-22-10-4-3-9-21(22)25(34)31(26)20-13-11-19(27)12-14-20/h2-5,7-15,33H,1,6,16H2,(H,30,32)/b28-15-. The van der Waals surface area contributed by atoms with Crippen molar-refractivity contribution >= 4 is 46.4 Å². The van der Waals surface area contributed by atoms with Crippen LogP contribution in [-0.2, 0) is 11.2 Å². The number of hydrazone groups is 1. The molecule has 0 saturated heterocycles. The second-order valence-corrected chi connectivity index (χ2v) is 8.84. The third kappa shape index (κ3) is 5.62. The molecule has 0 atom stereocenters. The highest BCUT2D eigenvalue weighted by Gasteiger charge is 2.15. The van der Waals surface area contributed by atoms with Gasteiger partial charge in [-0.05, 0) is 54.4 Å². The quantitative estimate of drug-likeness (QED) is 0.119. The van der Waals surface area contributed by atoms with Crippen molar-refractivity contribution in [3.8, 4) is 11.4 Å². The molecule has 4 rings (SSSR count). The van der Waals surface area contributed by atoms with Crippen molar-refractivity contribution in [1.82, 2.24) is 15.0 Å². The van der Waals surface area contributed by atoms with Crippen molar-refractivity contribution in [3.05, 3.63) is 106 Å². The van der Waals surface area contributed by atoms with Crippen LogP contribution in [0.4, 0.5) is 0 Å². The number of nitrogens with one attached hydrogen (secondary N) is 1. The number of hydrogen-bond donors (Lipinski definition) is 2. The van der Waals surface area contributed by atoms with E-state index in [2.05, 4.69) is 22.1 Å². The van der Waals surface area contributed by atoms with Crippen LogP contribution in [0.5, 0.6) is 5.75 Å². The fourth-order valence-corrected chi connectivity index (χ4v) is 4.33. The van der Waals surface area contributed by atoms with Crippen LogP contribution in [0.2, 0.25) is 5.02 Å². The predicted molar refractivity (Wildman–Crippen MR) is 141 cm³/mol. The Morgan fingerprint density at radius 2 is 1.91 bits per heavy atom. The van der Waals surface area contributed by atoms with Gasteiger partial charge < -0.3 is 5.11 Å². The molecule has 2 N–H and O–H groups in total. The number of para-hydroxylation sites is 2. The van der Waals surface area contributed by atoms with Gasteiger partial charge in [0.15, 0.2) is 5.16 Å². The van der Waals surface area contributed by atoms with Crippen LogP contribution in [0.3, 0.4) is 0 Å². The number of allylic oxidation sites excluding steroid dienone is 1. The summed E-state index contributed by atoms with van der Waals surface area (Å²) in [4.78, 5) is 30.3. The Morgan fingerprint density at radius 3 is 2.69 bits per heavy atom.